The Morgan fingerprint density at radius 2 is 1.67 bits per heavy atom. The van der Waals surface area contributed by atoms with Gasteiger partial charge in [-0.05, 0) is 72.2 Å². The lowest BCUT2D eigenvalue weighted by atomic mass is 9.98. The Balaban J connectivity index is 2.64. The van der Waals surface area contributed by atoms with Gasteiger partial charge in [-0.2, -0.15) is 0 Å². The average molecular weight is 291 g/mol. The number of nitrogens with one attached hydrogen (secondary N) is 1. The van der Waals surface area contributed by atoms with Crippen LogP contribution in [0.3, 0.4) is 0 Å². The number of hydrogen-bond donors (Lipinski definition) is 1. The molecule has 1 aromatic carbocycles. The fraction of sp³-hybridized carbons (Fsp3) is 0.667. The maximum Gasteiger partial charge on any atom is 0.0472 e. The van der Waals surface area contributed by atoms with Gasteiger partial charge in [0.25, 0.3) is 0 Å². The molecule has 0 amide bonds. The first-order chi connectivity index (χ1) is 9.99. The SMILES string of the molecule is CCc1ccc(C(NC)C(C)N(C)CCCN(C)C)cc1. The summed E-state index contributed by atoms with van der Waals surface area (Å²) >= 11 is 0. The van der Waals surface area contributed by atoms with Gasteiger partial charge in [-0.3, -0.25) is 0 Å². The Hall–Kier alpha value is -0.900. The highest BCUT2D eigenvalue weighted by Crippen LogP contribution is 2.21. The van der Waals surface area contributed by atoms with Gasteiger partial charge in [0.15, 0.2) is 0 Å². The molecule has 3 heteroatoms. The Labute approximate surface area is 131 Å². The largest absolute Gasteiger partial charge is 0.312 e. The van der Waals surface area contributed by atoms with Gasteiger partial charge in [-0.15, -0.1) is 0 Å². The molecule has 2 unspecified atom stereocenters. The van der Waals surface area contributed by atoms with E-state index in [1.807, 2.05) is 0 Å². The van der Waals surface area contributed by atoms with E-state index in [4.69, 9.17) is 0 Å². The summed E-state index contributed by atoms with van der Waals surface area (Å²) in [5, 5.41) is 3.48. The van der Waals surface area contributed by atoms with E-state index in [9.17, 15) is 0 Å². The van der Waals surface area contributed by atoms with Crippen LogP contribution in [0.1, 0.15) is 37.4 Å². The van der Waals surface area contributed by atoms with Crippen molar-refractivity contribution in [2.45, 2.75) is 38.8 Å². The summed E-state index contributed by atoms with van der Waals surface area (Å²) in [5.74, 6) is 0. The molecule has 21 heavy (non-hydrogen) atoms. The molecule has 0 heterocycles. The number of aryl methyl sites for hydroxylation is 1. The van der Waals surface area contributed by atoms with Crippen molar-refractivity contribution in [2.75, 3.05) is 41.3 Å². The topological polar surface area (TPSA) is 18.5 Å². The van der Waals surface area contributed by atoms with Crippen molar-refractivity contribution in [1.82, 2.24) is 15.1 Å². The normalized spacial score (nSPS) is 14.7. The highest BCUT2D eigenvalue weighted by molar-refractivity contribution is 5.26. The molecule has 1 N–H and O–H groups in total. The molecule has 0 aromatic heterocycles. The van der Waals surface area contributed by atoms with Crippen molar-refractivity contribution in [2.24, 2.45) is 0 Å². The summed E-state index contributed by atoms with van der Waals surface area (Å²) in [6.45, 7) is 6.79. The second-order valence-corrected chi connectivity index (χ2v) is 6.24. The Morgan fingerprint density at radius 1 is 1.05 bits per heavy atom. The zero-order chi connectivity index (χ0) is 15.8. The molecule has 0 bridgehead atoms. The molecular formula is C18H33N3. The van der Waals surface area contributed by atoms with E-state index in [0.717, 1.165) is 19.5 Å². The number of likely N-dealkylation sites (N-methyl/N-ethyl adjacent to an activating group) is 2. The molecule has 0 aliphatic carbocycles. The first-order valence-corrected chi connectivity index (χ1v) is 8.10. The third-order valence-electron chi connectivity index (χ3n) is 4.35. The fourth-order valence-corrected chi connectivity index (χ4v) is 2.74. The molecule has 0 fully saturated rings. The molecule has 120 valence electrons. The maximum absolute atomic E-state index is 3.48. The number of rotatable bonds is 9. The van der Waals surface area contributed by atoms with Crippen LogP contribution < -0.4 is 5.32 Å². The fourth-order valence-electron chi connectivity index (χ4n) is 2.74. The smallest absolute Gasteiger partial charge is 0.0472 e. The number of hydrogen-bond acceptors (Lipinski definition) is 3. The third-order valence-corrected chi connectivity index (χ3v) is 4.35. The number of nitrogens with zero attached hydrogens (tertiary/aromatic N) is 2. The Morgan fingerprint density at radius 3 is 2.14 bits per heavy atom. The second-order valence-electron chi connectivity index (χ2n) is 6.24. The molecule has 0 aliphatic heterocycles. The van der Waals surface area contributed by atoms with Crippen molar-refractivity contribution < 1.29 is 0 Å². The standard InChI is InChI=1S/C18H33N3/c1-7-16-9-11-17(12-10-16)18(19-3)15(2)21(6)14-8-13-20(4)5/h9-12,15,18-19H,7-8,13-14H2,1-6H3. The van der Waals surface area contributed by atoms with Crippen LogP contribution in [0, 0.1) is 0 Å². The minimum Gasteiger partial charge on any atom is -0.312 e. The lowest BCUT2D eigenvalue weighted by Crippen LogP contribution is -2.40. The number of benzene rings is 1. The highest BCUT2D eigenvalue weighted by Gasteiger charge is 2.21. The Bertz CT molecular complexity index is 386. The van der Waals surface area contributed by atoms with Gasteiger partial charge in [-0.1, -0.05) is 31.2 Å². The molecule has 2 atom stereocenters. The second kappa shape index (κ2) is 9.19. The quantitative estimate of drug-likeness (QED) is 0.755. The lowest BCUT2D eigenvalue weighted by molar-refractivity contribution is 0.202. The zero-order valence-electron chi connectivity index (χ0n) is 14.7. The van der Waals surface area contributed by atoms with Crippen LogP contribution in [0.4, 0.5) is 0 Å². The van der Waals surface area contributed by atoms with E-state index < -0.39 is 0 Å². The summed E-state index contributed by atoms with van der Waals surface area (Å²) in [6, 6.07) is 9.88. The van der Waals surface area contributed by atoms with Gasteiger partial charge in [0.1, 0.15) is 0 Å². The van der Waals surface area contributed by atoms with Gasteiger partial charge in [-0.25, -0.2) is 0 Å². The van der Waals surface area contributed by atoms with Gasteiger partial charge in [0.2, 0.25) is 0 Å². The van der Waals surface area contributed by atoms with Crippen molar-refractivity contribution >= 4 is 0 Å². The van der Waals surface area contributed by atoms with Crippen LogP contribution in [0.25, 0.3) is 0 Å². The van der Waals surface area contributed by atoms with Crippen molar-refractivity contribution in [3.63, 3.8) is 0 Å². The van der Waals surface area contributed by atoms with Crippen LogP contribution in [-0.2, 0) is 6.42 Å². The summed E-state index contributed by atoms with van der Waals surface area (Å²) < 4.78 is 0. The van der Waals surface area contributed by atoms with E-state index in [1.165, 1.54) is 17.5 Å². The van der Waals surface area contributed by atoms with Crippen molar-refractivity contribution in [1.29, 1.82) is 0 Å². The minimum atomic E-state index is 0.375. The monoisotopic (exact) mass is 291 g/mol. The van der Waals surface area contributed by atoms with Crippen LogP contribution in [-0.4, -0.2) is 57.1 Å². The van der Waals surface area contributed by atoms with Crippen molar-refractivity contribution in [3.8, 4) is 0 Å². The molecule has 3 nitrogen and oxygen atoms in total. The maximum atomic E-state index is 3.48. The van der Waals surface area contributed by atoms with E-state index in [-0.39, 0.29) is 0 Å². The third kappa shape index (κ3) is 5.77. The van der Waals surface area contributed by atoms with Crippen LogP contribution in [0.2, 0.25) is 0 Å². The summed E-state index contributed by atoms with van der Waals surface area (Å²) in [4.78, 5) is 4.70. The van der Waals surface area contributed by atoms with Gasteiger partial charge < -0.3 is 15.1 Å². The summed E-state index contributed by atoms with van der Waals surface area (Å²) in [6.07, 6.45) is 2.31. The van der Waals surface area contributed by atoms with E-state index >= 15 is 0 Å². The molecule has 0 radical (unpaired) electrons. The molecule has 0 aliphatic rings. The Kier molecular flexibility index (Phi) is 7.94. The lowest BCUT2D eigenvalue weighted by Gasteiger charge is -2.32. The summed E-state index contributed by atoms with van der Waals surface area (Å²) in [7, 11) is 8.55. The van der Waals surface area contributed by atoms with E-state index in [1.54, 1.807) is 0 Å². The predicted octanol–water partition coefficient (Wildman–Crippen LogP) is 2.78. The minimum absolute atomic E-state index is 0.375. The molecule has 0 saturated carbocycles. The first kappa shape index (κ1) is 18.1. The predicted molar refractivity (Wildman–Crippen MR) is 92.9 cm³/mol. The van der Waals surface area contributed by atoms with E-state index in [2.05, 4.69) is 81.4 Å². The average Bonchev–Trinajstić information content (AvgIpc) is 2.48. The highest BCUT2D eigenvalue weighted by atomic mass is 15.2. The molecule has 0 spiro atoms. The first-order valence-electron chi connectivity index (χ1n) is 8.10. The molecule has 1 aromatic rings. The molecule has 0 saturated heterocycles. The zero-order valence-corrected chi connectivity index (χ0v) is 14.7. The van der Waals surface area contributed by atoms with E-state index in [0.29, 0.717) is 12.1 Å². The van der Waals surface area contributed by atoms with Crippen LogP contribution >= 0.6 is 0 Å². The van der Waals surface area contributed by atoms with Gasteiger partial charge >= 0.3 is 0 Å². The molecule has 1 rings (SSSR count). The molecular weight excluding hydrogens is 258 g/mol. The van der Waals surface area contributed by atoms with Gasteiger partial charge in [0, 0.05) is 12.1 Å². The van der Waals surface area contributed by atoms with Crippen molar-refractivity contribution in [3.05, 3.63) is 35.4 Å². The van der Waals surface area contributed by atoms with Crippen LogP contribution in [0.15, 0.2) is 24.3 Å². The summed E-state index contributed by atoms with van der Waals surface area (Å²) in [5.41, 5.74) is 2.78. The van der Waals surface area contributed by atoms with Crippen LogP contribution in [0.5, 0.6) is 0 Å². The van der Waals surface area contributed by atoms with Gasteiger partial charge in [0.05, 0.1) is 0 Å².